The topological polar surface area (TPSA) is 55.1 Å². The number of rotatable bonds is 2. The highest BCUT2D eigenvalue weighted by Gasteiger charge is 2.27. The number of carbonyl (C=O) groups excluding carboxylic acids is 1. The van der Waals surface area contributed by atoms with Gasteiger partial charge in [0.25, 0.3) is 0 Å². The van der Waals surface area contributed by atoms with Gasteiger partial charge in [-0.3, -0.25) is 4.79 Å². The number of nitrogens with two attached hydrogens (primary N) is 1. The number of amides is 1. The number of nitrogens with one attached hydrogen (secondary N) is 1. The zero-order chi connectivity index (χ0) is 12.4. The van der Waals surface area contributed by atoms with E-state index in [0.29, 0.717) is 0 Å². The average molecular weight is 269 g/mol. The molecule has 4 heteroatoms. The minimum absolute atomic E-state index is 0. The standard InChI is InChI=1S/C14H20N2O.ClH/c1-9-4-3-5-13(10(9)2)16-14(17)11-6-7-12(15)8-11;/h3-5,11-12H,6-8,15H2,1-2H3,(H,16,17);1H. The lowest BCUT2D eigenvalue weighted by atomic mass is 10.1. The molecule has 0 bridgehead atoms. The van der Waals surface area contributed by atoms with Crippen molar-refractivity contribution in [3.8, 4) is 0 Å². The fourth-order valence-electron chi connectivity index (χ4n) is 2.38. The number of halogens is 1. The Morgan fingerprint density at radius 1 is 1.33 bits per heavy atom. The Kier molecular flexibility index (Phi) is 5.17. The predicted octanol–water partition coefficient (Wildman–Crippen LogP) is 2.79. The van der Waals surface area contributed by atoms with Crippen LogP contribution in [0.4, 0.5) is 5.69 Å². The Morgan fingerprint density at radius 2 is 2.06 bits per heavy atom. The second-order valence-corrected chi connectivity index (χ2v) is 5.01. The molecule has 0 aliphatic heterocycles. The van der Waals surface area contributed by atoms with Gasteiger partial charge in [-0.2, -0.15) is 0 Å². The number of aryl methyl sites for hydroxylation is 1. The van der Waals surface area contributed by atoms with Crippen LogP contribution in [-0.4, -0.2) is 11.9 Å². The normalized spacial score (nSPS) is 22.4. The summed E-state index contributed by atoms with van der Waals surface area (Å²) in [6.07, 6.45) is 2.69. The monoisotopic (exact) mass is 268 g/mol. The molecule has 2 unspecified atom stereocenters. The van der Waals surface area contributed by atoms with Gasteiger partial charge in [0.1, 0.15) is 0 Å². The van der Waals surface area contributed by atoms with Gasteiger partial charge in [0.05, 0.1) is 0 Å². The molecule has 1 aromatic carbocycles. The molecule has 3 nitrogen and oxygen atoms in total. The minimum Gasteiger partial charge on any atom is -0.328 e. The quantitative estimate of drug-likeness (QED) is 0.867. The maximum atomic E-state index is 12.1. The third kappa shape index (κ3) is 3.24. The predicted molar refractivity (Wildman–Crippen MR) is 77.1 cm³/mol. The van der Waals surface area contributed by atoms with Crippen molar-refractivity contribution in [2.45, 2.75) is 39.2 Å². The van der Waals surface area contributed by atoms with Crippen molar-refractivity contribution in [3.63, 3.8) is 0 Å². The largest absolute Gasteiger partial charge is 0.328 e. The van der Waals surface area contributed by atoms with E-state index in [-0.39, 0.29) is 30.3 Å². The van der Waals surface area contributed by atoms with Crippen LogP contribution in [-0.2, 0) is 4.79 Å². The van der Waals surface area contributed by atoms with Crippen LogP contribution in [0.25, 0.3) is 0 Å². The molecule has 0 heterocycles. The molecule has 0 spiro atoms. The molecule has 18 heavy (non-hydrogen) atoms. The summed E-state index contributed by atoms with van der Waals surface area (Å²) in [4.78, 5) is 12.1. The van der Waals surface area contributed by atoms with Crippen molar-refractivity contribution in [2.24, 2.45) is 11.7 Å². The van der Waals surface area contributed by atoms with Gasteiger partial charge in [-0.15, -0.1) is 12.4 Å². The van der Waals surface area contributed by atoms with Crippen molar-refractivity contribution in [2.75, 3.05) is 5.32 Å². The van der Waals surface area contributed by atoms with Crippen molar-refractivity contribution in [1.29, 1.82) is 0 Å². The van der Waals surface area contributed by atoms with Gasteiger partial charge >= 0.3 is 0 Å². The first kappa shape index (κ1) is 15.0. The first-order chi connectivity index (χ1) is 8.08. The average Bonchev–Trinajstić information content (AvgIpc) is 2.72. The fourth-order valence-corrected chi connectivity index (χ4v) is 2.38. The van der Waals surface area contributed by atoms with Crippen molar-refractivity contribution < 1.29 is 4.79 Å². The van der Waals surface area contributed by atoms with Crippen LogP contribution in [0.15, 0.2) is 18.2 Å². The van der Waals surface area contributed by atoms with E-state index in [0.717, 1.165) is 30.5 Å². The van der Waals surface area contributed by atoms with Crippen LogP contribution in [0, 0.1) is 19.8 Å². The molecule has 3 N–H and O–H groups in total. The molecule has 2 rings (SSSR count). The highest BCUT2D eigenvalue weighted by Crippen LogP contribution is 2.26. The SMILES string of the molecule is Cc1cccc(NC(=O)C2CCC(N)C2)c1C.Cl. The minimum atomic E-state index is 0. The number of hydrogen-bond acceptors (Lipinski definition) is 2. The van der Waals surface area contributed by atoms with E-state index in [1.54, 1.807) is 0 Å². The Morgan fingerprint density at radius 3 is 2.67 bits per heavy atom. The van der Waals surface area contributed by atoms with Crippen LogP contribution in [0.2, 0.25) is 0 Å². The maximum Gasteiger partial charge on any atom is 0.227 e. The smallest absolute Gasteiger partial charge is 0.227 e. The lowest BCUT2D eigenvalue weighted by Crippen LogP contribution is -2.23. The molecule has 1 aliphatic carbocycles. The fraction of sp³-hybridized carbons (Fsp3) is 0.500. The maximum absolute atomic E-state index is 12.1. The van der Waals surface area contributed by atoms with Gasteiger partial charge in [-0.05, 0) is 50.3 Å². The Bertz CT molecular complexity index is 434. The third-order valence-electron chi connectivity index (χ3n) is 3.71. The van der Waals surface area contributed by atoms with E-state index in [2.05, 4.69) is 18.3 Å². The van der Waals surface area contributed by atoms with E-state index in [9.17, 15) is 4.79 Å². The van der Waals surface area contributed by atoms with Gasteiger partial charge < -0.3 is 11.1 Å². The zero-order valence-electron chi connectivity index (χ0n) is 10.9. The number of carbonyl (C=O) groups is 1. The van der Waals surface area contributed by atoms with E-state index >= 15 is 0 Å². The molecule has 1 amide bonds. The van der Waals surface area contributed by atoms with Gasteiger partial charge in [-0.25, -0.2) is 0 Å². The summed E-state index contributed by atoms with van der Waals surface area (Å²) in [5.41, 5.74) is 9.10. The molecular formula is C14H21ClN2O. The summed E-state index contributed by atoms with van der Waals surface area (Å²) in [5, 5.41) is 3.02. The molecule has 1 aromatic rings. The van der Waals surface area contributed by atoms with Crippen LogP contribution < -0.4 is 11.1 Å². The van der Waals surface area contributed by atoms with Gasteiger partial charge in [-0.1, -0.05) is 12.1 Å². The Labute approximate surface area is 115 Å². The van der Waals surface area contributed by atoms with Crippen LogP contribution in [0.1, 0.15) is 30.4 Å². The lowest BCUT2D eigenvalue weighted by Gasteiger charge is -2.13. The molecule has 100 valence electrons. The van der Waals surface area contributed by atoms with Crippen LogP contribution in [0.5, 0.6) is 0 Å². The molecule has 0 radical (unpaired) electrons. The highest BCUT2D eigenvalue weighted by molar-refractivity contribution is 5.93. The van der Waals surface area contributed by atoms with Crippen molar-refractivity contribution >= 4 is 24.0 Å². The van der Waals surface area contributed by atoms with Gasteiger partial charge in [0.15, 0.2) is 0 Å². The first-order valence-electron chi connectivity index (χ1n) is 6.20. The molecule has 1 aliphatic rings. The third-order valence-corrected chi connectivity index (χ3v) is 3.71. The van der Waals surface area contributed by atoms with Crippen molar-refractivity contribution in [3.05, 3.63) is 29.3 Å². The summed E-state index contributed by atoms with van der Waals surface area (Å²) in [6, 6.07) is 6.17. The van der Waals surface area contributed by atoms with E-state index in [1.165, 1.54) is 5.56 Å². The lowest BCUT2D eigenvalue weighted by molar-refractivity contribution is -0.119. The molecular weight excluding hydrogens is 248 g/mol. The Balaban J connectivity index is 0.00000162. The van der Waals surface area contributed by atoms with E-state index < -0.39 is 0 Å². The van der Waals surface area contributed by atoms with Gasteiger partial charge in [0, 0.05) is 17.6 Å². The number of hydrogen-bond donors (Lipinski definition) is 2. The second-order valence-electron chi connectivity index (χ2n) is 5.01. The summed E-state index contributed by atoms with van der Waals surface area (Å²) in [5.74, 6) is 0.205. The summed E-state index contributed by atoms with van der Waals surface area (Å²) >= 11 is 0. The Hall–Kier alpha value is -1.06. The molecule has 2 atom stereocenters. The van der Waals surface area contributed by atoms with E-state index in [1.807, 2.05) is 19.1 Å². The number of anilines is 1. The first-order valence-corrected chi connectivity index (χ1v) is 6.20. The van der Waals surface area contributed by atoms with Crippen LogP contribution in [0.3, 0.4) is 0 Å². The van der Waals surface area contributed by atoms with Crippen molar-refractivity contribution in [1.82, 2.24) is 0 Å². The molecule has 1 fully saturated rings. The van der Waals surface area contributed by atoms with E-state index in [4.69, 9.17) is 5.73 Å². The molecule has 1 saturated carbocycles. The zero-order valence-corrected chi connectivity index (χ0v) is 11.7. The highest BCUT2D eigenvalue weighted by atomic mass is 35.5. The van der Waals surface area contributed by atoms with Gasteiger partial charge in [0.2, 0.25) is 5.91 Å². The summed E-state index contributed by atoms with van der Waals surface area (Å²) in [6.45, 7) is 4.09. The molecule has 0 saturated heterocycles. The molecule has 0 aromatic heterocycles. The second kappa shape index (κ2) is 6.21. The summed E-state index contributed by atoms with van der Waals surface area (Å²) < 4.78 is 0. The number of benzene rings is 1. The summed E-state index contributed by atoms with van der Waals surface area (Å²) in [7, 11) is 0. The van der Waals surface area contributed by atoms with Crippen LogP contribution >= 0.6 is 12.4 Å².